The number of fused-ring (bicyclic) bond motifs is 7. The normalized spacial score (nSPS) is 46.4. The molecule has 2 unspecified atom stereocenters. The lowest BCUT2D eigenvalue weighted by Gasteiger charge is -2.68. The first-order valence-corrected chi connectivity index (χ1v) is 14.6. The van der Waals surface area contributed by atoms with Gasteiger partial charge in [-0.1, -0.05) is 47.1 Å². The number of nitriles is 1. The third-order valence-electron chi connectivity index (χ3n) is 12.6. The Balaban J connectivity index is 1.65. The molecule has 0 saturated heterocycles. The van der Waals surface area contributed by atoms with Crippen molar-refractivity contribution >= 4 is 11.7 Å². The fourth-order valence-corrected chi connectivity index (χ4v) is 10.3. The number of aliphatic hydroxyl groups excluding tert-OH is 1. The van der Waals surface area contributed by atoms with Gasteiger partial charge >= 0.3 is 0 Å². The van der Waals surface area contributed by atoms with Gasteiger partial charge in [-0.3, -0.25) is 9.59 Å². The molecule has 3 fully saturated rings. The van der Waals surface area contributed by atoms with Gasteiger partial charge in [-0.2, -0.15) is 5.26 Å². The molecule has 0 heterocycles. The molecular formula is C32H46N2O3. The number of nitrogens with zero attached hydrogens (tertiary/aromatic N) is 1. The van der Waals surface area contributed by atoms with Crippen LogP contribution in [0.1, 0.15) is 99.8 Å². The first-order chi connectivity index (χ1) is 17.2. The van der Waals surface area contributed by atoms with E-state index in [0.29, 0.717) is 18.5 Å². The number of carbonyl (C=O) groups is 2. The van der Waals surface area contributed by atoms with Crippen molar-refractivity contribution < 1.29 is 14.7 Å². The number of allylic oxidation sites excluding steroid dienone is 4. The molecule has 2 N–H and O–H groups in total. The second kappa shape index (κ2) is 8.20. The standard InChI is InChI=1S/C32H46N2O3/c1-8-34-27(37)32-13-11-28(3,4)17-22(32)25-23(35)15-24-29(5)16-20(18-33)26(36)19(2)21(29)9-10-30(24,6)31(25,7)12-14-32/h15,19,21-22,25,36H,8-14,16-17H2,1-7H3,(H,34,37)/t19-,21-,22?,25?,29-,30+,31+,32-/m0/s1. The van der Waals surface area contributed by atoms with Crippen molar-refractivity contribution in [2.75, 3.05) is 6.54 Å². The number of nitrogens with one attached hydrogen (secondary N) is 1. The number of rotatable bonds is 2. The highest BCUT2D eigenvalue weighted by molar-refractivity contribution is 5.96. The van der Waals surface area contributed by atoms with Crippen molar-refractivity contribution in [3.63, 3.8) is 0 Å². The molecule has 5 aliphatic carbocycles. The van der Waals surface area contributed by atoms with Gasteiger partial charge < -0.3 is 10.4 Å². The van der Waals surface area contributed by atoms with E-state index in [0.717, 1.165) is 44.9 Å². The minimum atomic E-state index is -0.462. The molecule has 5 rings (SSSR count). The second-order valence-electron chi connectivity index (χ2n) is 14.7. The monoisotopic (exact) mass is 506 g/mol. The molecule has 0 bridgehead atoms. The van der Waals surface area contributed by atoms with Crippen LogP contribution < -0.4 is 5.32 Å². The topological polar surface area (TPSA) is 90.2 Å². The number of hydrogen-bond donors (Lipinski definition) is 2. The Kier molecular flexibility index (Phi) is 5.88. The Morgan fingerprint density at radius 3 is 2.43 bits per heavy atom. The van der Waals surface area contributed by atoms with E-state index in [-0.39, 0.29) is 62.8 Å². The maximum absolute atomic E-state index is 14.4. The molecule has 5 aliphatic rings. The highest BCUT2D eigenvalue weighted by atomic mass is 16.3. The molecular weight excluding hydrogens is 460 g/mol. The lowest BCUT2D eigenvalue weighted by Crippen LogP contribution is -2.66. The quantitative estimate of drug-likeness (QED) is 0.438. The van der Waals surface area contributed by atoms with E-state index in [1.165, 1.54) is 5.57 Å². The van der Waals surface area contributed by atoms with Crippen molar-refractivity contribution in [3.05, 3.63) is 23.0 Å². The minimum absolute atomic E-state index is 0.0399. The summed E-state index contributed by atoms with van der Waals surface area (Å²) >= 11 is 0. The van der Waals surface area contributed by atoms with Gasteiger partial charge in [-0.15, -0.1) is 0 Å². The van der Waals surface area contributed by atoms with Crippen molar-refractivity contribution in [2.24, 2.45) is 50.7 Å². The highest BCUT2D eigenvalue weighted by Gasteiger charge is 2.70. The van der Waals surface area contributed by atoms with Gasteiger partial charge in [0.1, 0.15) is 5.76 Å². The summed E-state index contributed by atoms with van der Waals surface area (Å²) in [5.74, 6) is 0.586. The molecule has 8 atom stereocenters. The van der Waals surface area contributed by atoms with E-state index in [2.05, 4.69) is 46.0 Å². The molecule has 1 amide bonds. The van der Waals surface area contributed by atoms with Crippen LogP contribution in [0.3, 0.4) is 0 Å². The van der Waals surface area contributed by atoms with E-state index in [9.17, 15) is 20.0 Å². The van der Waals surface area contributed by atoms with Gasteiger partial charge in [-0.25, -0.2) is 0 Å². The number of amides is 1. The number of hydrogen-bond acceptors (Lipinski definition) is 4. The molecule has 3 saturated carbocycles. The van der Waals surface area contributed by atoms with Gasteiger partial charge in [0.05, 0.1) is 17.1 Å². The average molecular weight is 507 g/mol. The summed E-state index contributed by atoms with van der Waals surface area (Å²) in [6.07, 6.45) is 8.90. The summed E-state index contributed by atoms with van der Waals surface area (Å²) in [6.45, 7) is 16.2. The zero-order valence-corrected chi connectivity index (χ0v) is 24.0. The van der Waals surface area contributed by atoms with Crippen molar-refractivity contribution in [3.8, 4) is 6.07 Å². The molecule has 0 aliphatic heterocycles. The molecule has 0 aromatic carbocycles. The SMILES string of the molecule is CCNC(=O)[C@]12CCC(C)(C)CC1C1C(=O)C=C3[C@@]4(C)CC(C#N)=C(O)[C@@H](C)[C@@H]4CC[C@@]3(C)[C@]1(C)CC2. The van der Waals surface area contributed by atoms with Crippen LogP contribution in [0.25, 0.3) is 0 Å². The molecule has 0 aromatic heterocycles. The van der Waals surface area contributed by atoms with E-state index in [1.54, 1.807) is 0 Å². The maximum Gasteiger partial charge on any atom is 0.226 e. The molecule has 202 valence electrons. The van der Waals surface area contributed by atoms with Crippen LogP contribution in [0.5, 0.6) is 0 Å². The van der Waals surface area contributed by atoms with Crippen molar-refractivity contribution in [1.82, 2.24) is 5.32 Å². The molecule has 37 heavy (non-hydrogen) atoms. The fraction of sp³-hybridized carbons (Fsp3) is 0.781. The number of ketones is 1. The van der Waals surface area contributed by atoms with Crippen LogP contribution in [-0.4, -0.2) is 23.3 Å². The zero-order chi connectivity index (χ0) is 27.2. The zero-order valence-electron chi connectivity index (χ0n) is 24.0. The van der Waals surface area contributed by atoms with Crippen LogP contribution in [0.2, 0.25) is 0 Å². The summed E-state index contributed by atoms with van der Waals surface area (Å²) in [7, 11) is 0. The lowest BCUT2D eigenvalue weighted by atomic mass is 9.34. The number of carbonyl (C=O) groups excluding carboxylic acids is 2. The highest BCUT2D eigenvalue weighted by Crippen LogP contribution is 2.74. The maximum atomic E-state index is 14.4. The van der Waals surface area contributed by atoms with Crippen molar-refractivity contribution in [1.29, 1.82) is 5.26 Å². The Morgan fingerprint density at radius 2 is 1.78 bits per heavy atom. The fourth-order valence-electron chi connectivity index (χ4n) is 10.3. The van der Waals surface area contributed by atoms with Crippen LogP contribution in [-0.2, 0) is 9.59 Å². The predicted molar refractivity (Wildman–Crippen MR) is 144 cm³/mol. The molecule has 5 nitrogen and oxygen atoms in total. The van der Waals surface area contributed by atoms with Gasteiger partial charge in [0.15, 0.2) is 5.78 Å². The first kappa shape index (κ1) is 26.5. The third-order valence-corrected chi connectivity index (χ3v) is 12.6. The largest absolute Gasteiger partial charge is 0.511 e. The Hall–Kier alpha value is -2.09. The summed E-state index contributed by atoms with van der Waals surface area (Å²) in [5, 5.41) is 23.8. The van der Waals surface area contributed by atoms with Gasteiger partial charge in [0, 0.05) is 18.4 Å². The van der Waals surface area contributed by atoms with Crippen LogP contribution in [0.15, 0.2) is 23.0 Å². The Labute approximate surface area is 223 Å². The van der Waals surface area contributed by atoms with Gasteiger partial charge in [0.25, 0.3) is 0 Å². The van der Waals surface area contributed by atoms with E-state index >= 15 is 0 Å². The molecule has 5 heteroatoms. The summed E-state index contributed by atoms with van der Waals surface area (Å²) in [5.41, 5.74) is 0.575. The predicted octanol–water partition coefficient (Wildman–Crippen LogP) is 6.66. The number of aliphatic hydroxyl groups is 1. The van der Waals surface area contributed by atoms with E-state index < -0.39 is 5.41 Å². The van der Waals surface area contributed by atoms with E-state index in [4.69, 9.17) is 0 Å². The lowest BCUT2D eigenvalue weighted by molar-refractivity contribution is -0.178. The van der Waals surface area contributed by atoms with E-state index in [1.807, 2.05) is 19.9 Å². The van der Waals surface area contributed by atoms with Crippen LogP contribution >= 0.6 is 0 Å². The molecule has 0 aromatic rings. The smallest absolute Gasteiger partial charge is 0.226 e. The second-order valence-corrected chi connectivity index (χ2v) is 14.7. The van der Waals surface area contributed by atoms with Crippen LogP contribution in [0.4, 0.5) is 0 Å². The Bertz CT molecular complexity index is 1140. The first-order valence-electron chi connectivity index (χ1n) is 14.6. The van der Waals surface area contributed by atoms with Gasteiger partial charge in [-0.05, 0) is 97.9 Å². The average Bonchev–Trinajstić information content (AvgIpc) is 2.82. The molecule has 0 radical (unpaired) electrons. The molecule has 0 spiro atoms. The van der Waals surface area contributed by atoms with Crippen LogP contribution in [0, 0.1) is 62.1 Å². The summed E-state index contributed by atoms with van der Waals surface area (Å²) in [6, 6.07) is 2.28. The minimum Gasteiger partial charge on any atom is -0.511 e. The van der Waals surface area contributed by atoms with Crippen molar-refractivity contribution in [2.45, 2.75) is 99.8 Å². The summed E-state index contributed by atoms with van der Waals surface area (Å²) in [4.78, 5) is 28.1. The third kappa shape index (κ3) is 3.32. The Morgan fingerprint density at radius 1 is 1.11 bits per heavy atom. The summed E-state index contributed by atoms with van der Waals surface area (Å²) < 4.78 is 0. The van der Waals surface area contributed by atoms with Gasteiger partial charge in [0.2, 0.25) is 5.91 Å².